The molecule has 0 heterocycles. The molecule has 0 saturated heterocycles. The summed E-state index contributed by atoms with van der Waals surface area (Å²) in [5.74, 6) is 0. The second-order valence-corrected chi connectivity index (χ2v) is 1.42. The van der Waals surface area contributed by atoms with Crippen LogP contribution in [0.1, 0.15) is 48.5 Å². The second kappa shape index (κ2) is 22.8. The summed E-state index contributed by atoms with van der Waals surface area (Å²) < 4.78 is 0. The van der Waals surface area contributed by atoms with E-state index in [0.717, 1.165) is 5.71 Å². The van der Waals surface area contributed by atoms with Crippen LogP contribution in [-0.2, 0) is 0 Å². The van der Waals surface area contributed by atoms with Gasteiger partial charge in [-0.3, -0.25) is 0 Å². The molecule has 0 radical (unpaired) electrons. The molecule has 0 bridgehead atoms. The average molecular weight is 158 g/mol. The monoisotopic (exact) mass is 158 g/mol. The van der Waals surface area contributed by atoms with Gasteiger partial charge in [0.15, 0.2) is 0 Å². The van der Waals surface area contributed by atoms with Crippen LogP contribution in [0.5, 0.6) is 0 Å². The van der Waals surface area contributed by atoms with Crippen LogP contribution in [0.2, 0.25) is 0 Å². The van der Waals surface area contributed by atoms with Gasteiger partial charge in [-0.25, -0.2) is 0 Å². The lowest BCUT2D eigenvalue weighted by molar-refractivity contribution is 1.23. The van der Waals surface area contributed by atoms with Crippen molar-refractivity contribution in [2.45, 2.75) is 48.5 Å². The van der Waals surface area contributed by atoms with E-state index in [9.17, 15) is 0 Å². The van der Waals surface area contributed by atoms with Gasteiger partial charge < -0.3 is 0 Å². The molecule has 0 unspecified atom stereocenters. The van der Waals surface area contributed by atoms with Crippen LogP contribution in [0.4, 0.5) is 0 Å². The summed E-state index contributed by atoms with van der Waals surface area (Å²) in [6.45, 7) is 13.7. The number of rotatable bonds is 1. The summed E-state index contributed by atoms with van der Waals surface area (Å²) >= 11 is 0. The summed E-state index contributed by atoms with van der Waals surface area (Å²) in [4.78, 5) is 0. The minimum absolute atomic E-state index is 0.984. The lowest BCUT2D eigenvalue weighted by atomic mass is 10.5. The Balaban J connectivity index is -0.000000138. The Bertz CT molecular complexity index is 89.7. The van der Waals surface area contributed by atoms with Crippen molar-refractivity contribution in [3.8, 4) is 0 Å². The highest BCUT2D eigenvalue weighted by Gasteiger charge is 1.67. The molecule has 0 N–H and O–H groups in total. The van der Waals surface area contributed by atoms with E-state index in [1.807, 2.05) is 48.5 Å². The number of hydrogen-bond donors (Lipinski definition) is 0. The van der Waals surface area contributed by atoms with Crippen molar-refractivity contribution in [1.29, 1.82) is 0 Å². The molecule has 0 aromatic carbocycles. The van der Waals surface area contributed by atoms with Gasteiger partial charge in [-0.15, -0.1) is 0 Å². The van der Waals surface area contributed by atoms with Crippen LogP contribution in [-0.4, -0.2) is 11.9 Å². The van der Waals surface area contributed by atoms with E-state index < -0.39 is 0 Å². The predicted octanol–water partition coefficient (Wildman–Crippen LogP) is 3.53. The summed E-state index contributed by atoms with van der Waals surface area (Å²) in [5.41, 5.74) is 0.984. The zero-order valence-corrected chi connectivity index (χ0v) is 8.97. The van der Waals surface area contributed by atoms with E-state index in [4.69, 9.17) is 0 Å². The van der Waals surface area contributed by atoms with Crippen LogP contribution in [0, 0.1) is 0 Å². The molecular weight excluding hydrogens is 136 g/mol. The molecule has 0 atom stereocenters. The maximum atomic E-state index is 3.73. The molecule has 2 nitrogen and oxygen atoms in total. The smallest absolute Gasteiger partial charge is 0.0344 e. The Labute approximate surface area is 71.4 Å². The maximum Gasteiger partial charge on any atom is 0.0344 e. The second-order valence-electron chi connectivity index (χ2n) is 1.42. The topological polar surface area (TPSA) is 24.7 Å². The van der Waals surface area contributed by atoms with Gasteiger partial charge in [-0.05, 0) is 20.8 Å². The summed E-state index contributed by atoms with van der Waals surface area (Å²) in [6, 6.07) is 0. The highest BCUT2D eigenvalue weighted by atomic mass is 15.2. The van der Waals surface area contributed by atoms with Crippen LogP contribution >= 0.6 is 0 Å². The first-order valence-corrected chi connectivity index (χ1v) is 4.26. The van der Waals surface area contributed by atoms with E-state index in [1.54, 1.807) is 6.21 Å². The van der Waals surface area contributed by atoms with Gasteiger partial charge in [0.1, 0.15) is 0 Å². The van der Waals surface area contributed by atoms with Gasteiger partial charge in [0.2, 0.25) is 0 Å². The molecule has 0 aliphatic rings. The Kier molecular flexibility index (Phi) is 34.7. The van der Waals surface area contributed by atoms with Gasteiger partial charge in [0.25, 0.3) is 0 Å². The quantitative estimate of drug-likeness (QED) is 0.412. The summed E-state index contributed by atoms with van der Waals surface area (Å²) in [7, 11) is 0. The first-order chi connectivity index (χ1) is 5.27. The molecule has 0 aromatic heterocycles. The highest BCUT2D eigenvalue weighted by molar-refractivity contribution is 5.79. The third-order valence-corrected chi connectivity index (χ3v) is 0.373. The van der Waals surface area contributed by atoms with Crippen LogP contribution in [0.25, 0.3) is 0 Å². The van der Waals surface area contributed by atoms with Crippen molar-refractivity contribution < 1.29 is 0 Å². The molecular formula is C9H22N2. The van der Waals surface area contributed by atoms with Crippen molar-refractivity contribution in [3.05, 3.63) is 0 Å². The predicted molar refractivity (Wildman–Crippen MR) is 55.6 cm³/mol. The Morgan fingerprint density at radius 2 is 1.36 bits per heavy atom. The molecule has 0 aromatic rings. The lowest BCUT2D eigenvalue weighted by Gasteiger charge is -1.77. The molecule has 0 spiro atoms. The van der Waals surface area contributed by atoms with Crippen molar-refractivity contribution >= 4 is 11.9 Å². The van der Waals surface area contributed by atoms with Crippen molar-refractivity contribution in [2.24, 2.45) is 10.2 Å². The fourth-order valence-electron chi connectivity index (χ4n) is 0.173. The minimum Gasteiger partial charge on any atom is -0.164 e. The summed E-state index contributed by atoms with van der Waals surface area (Å²) in [5, 5.41) is 7.36. The van der Waals surface area contributed by atoms with Crippen LogP contribution in [0.15, 0.2) is 10.2 Å². The van der Waals surface area contributed by atoms with Crippen molar-refractivity contribution in [2.75, 3.05) is 0 Å². The van der Waals surface area contributed by atoms with Crippen molar-refractivity contribution in [3.63, 3.8) is 0 Å². The third kappa shape index (κ3) is 45.1. The number of nitrogens with zero attached hydrogens (tertiary/aromatic N) is 2. The van der Waals surface area contributed by atoms with Gasteiger partial charge in [0, 0.05) is 11.9 Å². The van der Waals surface area contributed by atoms with E-state index in [0.29, 0.717) is 0 Å². The molecule has 11 heavy (non-hydrogen) atoms. The molecule has 0 saturated carbocycles. The molecule has 0 aliphatic heterocycles. The normalized spacial score (nSPS) is 7.18. The Hall–Kier alpha value is -0.660. The standard InChI is InChI=1S/C5H10N2.2C2H6/c1-4-6-7-5(2)3;2*1-2/h4H,1-3H3;2*1-2H3/b6-4-;;. The Morgan fingerprint density at radius 1 is 1.00 bits per heavy atom. The summed E-state index contributed by atoms with van der Waals surface area (Å²) in [6.07, 6.45) is 1.66. The van der Waals surface area contributed by atoms with Crippen LogP contribution < -0.4 is 0 Å². The largest absolute Gasteiger partial charge is 0.164 e. The van der Waals surface area contributed by atoms with Gasteiger partial charge in [-0.1, -0.05) is 27.7 Å². The maximum absolute atomic E-state index is 3.73. The third-order valence-electron chi connectivity index (χ3n) is 0.373. The lowest BCUT2D eigenvalue weighted by Crippen LogP contribution is -1.75. The van der Waals surface area contributed by atoms with E-state index >= 15 is 0 Å². The molecule has 2 heteroatoms. The van der Waals surface area contributed by atoms with E-state index in [1.165, 1.54) is 0 Å². The van der Waals surface area contributed by atoms with Crippen molar-refractivity contribution in [1.82, 2.24) is 0 Å². The van der Waals surface area contributed by atoms with E-state index in [2.05, 4.69) is 10.2 Å². The SMILES string of the molecule is C/C=N\N=C(C)C.CC.CC. The molecule has 0 rings (SSSR count). The molecule has 68 valence electrons. The fraction of sp³-hybridized carbons (Fsp3) is 0.778. The number of hydrogen-bond acceptors (Lipinski definition) is 2. The van der Waals surface area contributed by atoms with Gasteiger partial charge in [-0.2, -0.15) is 10.2 Å². The molecule has 0 amide bonds. The highest BCUT2D eigenvalue weighted by Crippen LogP contribution is 1.72. The molecule has 0 aliphatic carbocycles. The Morgan fingerprint density at radius 3 is 1.45 bits per heavy atom. The first kappa shape index (κ1) is 16.7. The average Bonchev–Trinajstić information content (AvgIpc) is 2.08. The van der Waals surface area contributed by atoms with Gasteiger partial charge >= 0.3 is 0 Å². The van der Waals surface area contributed by atoms with E-state index in [-0.39, 0.29) is 0 Å². The molecule has 0 fully saturated rings. The minimum atomic E-state index is 0.984. The zero-order chi connectivity index (χ0) is 9.70. The van der Waals surface area contributed by atoms with Gasteiger partial charge in [0.05, 0.1) is 0 Å². The van der Waals surface area contributed by atoms with Crippen LogP contribution in [0.3, 0.4) is 0 Å². The zero-order valence-electron chi connectivity index (χ0n) is 8.97. The fourth-order valence-corrected chi connectivity index (χ4v) is 0.173. The first-order valence-electron chi connectivity index (χ1n) is 4.26.